The molecule has 0 aliphatic carbocycles. The third-order valence-corrected chi connectivity index (χ3v) is 4.17. The number of sulfone groups is 1. The van der Waals surface area contributed by atoms with Gasteiger partial charge in [-0.25, -0.2) is 8.42 Å². The Labute approximate surface area is 124 Å². The van der Waals surface area contributed by atoms with E-state index in [-0.39, 0.29) is 18.1 Å². The third-order valence-electron chi connectivity index (χ3n) is 3.19. The van der Waals surface area contributed by atoms with Crippen molar-refractivity contribution in [1.29, 1.82) is 0 Å². The molecule has 9 heteroatoms. The van der Waals surface area contributed by atoms with Gasteiger partial charge in [-0.05, 0) is 13.3 Å². The van der Waals surface area contributed by atoms with Crippen molar-refractivity contribution in [3.8, 4) is 0 Å². The van der Waals surface area contributed by atoms with Gasteiger partial charge in [0.1, 0.15) is 15.9 Å². The smallest absolute Gasteiger partial charge is 0.245 e. The molecule has 0 radical (unpaired) electrons. The maximum Gasteiger partial charge on any atom is 0.245 e. The number of nitrogens with zero attached hydrogens (tertiary/aromatic N) is 1. The fourth-order valence-corrected chi connectivity index (χ4v) is 2.59. The molecule has 0 aromatic heterocycles. The second-order valence-electron chi connectivity index (χ2n) is 5.19. The molecule has 0 bridgehead atoms. The summed E-state index contributed by atoms with van der Waals surface area (Å²) in [6.07, 6.45) is 1.12. The van der Waals surface area contributed by atoms with Gasteiger partial charge in [-0.15, -0.1) is 0 Å². The number of morpholine rings is 1. The van der Waals surface area contributed by atoms with Crippen molar-refractivity contribution < 1.29 is 22.7 Å². The van der Waals surface area contributed by atoms with Gasteiger partial charge >= 0.3 is 0 Å². The van der Waals surface area contributed by atoms with Crippen LogP contribution in [0.5, 0.6) is 0 Å². The maximum atomic E-state index is 12.1. The van der Waals surface area contributed by atoms with Crippen molar-refractivity contribution in [3.05, 3.63) is 0 Å². The summed E-state index contributed by atoms with van der Waals surface area (Å²) >= 11 is 0. The Morgan fingerprint density at radius 1 is 1.33 bits per heavy atom. The lowest BCUT2D eigenvalue weighted by Gasteiger charge is -2.29. The highest BCUT2D eigenvalue weighted by Gasteiger charge is 2.25. The Balaban J connectivity index is 2.43. The second kappa shape index (κ2) is 7.71. The standard InChI is InChI=1S/C12H23N3O5S/c1-9(12(17)15-4-6-20-7-5-15)14-11(16)10(13)3-8-21(2,18)19/h9-10H,3-8,13H2,1-2H3,(H,14,16). The molecular formula is C12H23N3O5S. The molecule has 1 fully saturated rings. The maximum absolute atomic E-state index is 12.1. The number of hydrogen-bond acceptors (Lipinski definition) is 6. The molecule has 8 nitrogen and oxygen atoms in total. The van der Waals surface area contributed by atoms with Gasteiger partial charge in [0.15, 0.2) is 0 Å². The topological polar surface area (TPSA) is 119 Å². The molecule has 2 amide bonds. The minimum atomic E-state index is -3.16. The summed E-state index contributed by atoms with van der Waals surface area (Å²) in [6, 6.07) is -1.64. The van der Waals surface area contributed by atoms with E-state index in [1.54, 1.807) is 11.8 Å². The number of amides is 2. The van der Waals surface area contributed by atoms with Crippen LogP contribution in [0.1, 0.15) is 13.3 Å². The molecule has 0 spiro atoms. The van der Waals surface area contributed by atoms with E-state index in [2.05, 4.69) is 5.32 Å². The van der Waals surface area contributed by atoms with Crippen molar-refractivity contribution in [1.82, 2.24) is 10.2 Å². The van der Waals surface area contributed by atoms with Gasteiger partial charge in [0, 0.05) is 19.3 Å². The number of carbonyl (C=O) groups is 2. The van der Waals surface area contributed by atoms with E-state index in [1.807, 2.05) is 0 Å². The lowest BCUT2D eigenvalue weighted by Crippen LogP contribution is -2.53. The Morgan fingerprint density at radius 2 is 1.90 bits per heavy atom. The van der Waals surface area contributed by atoms with Crippen LogP contribution in [0, 0.1) is 0 Å². The van der Waals surface area contributed by atoms with Gasteiger partial charge in [-0.1, -0.05) is 0 Å². The molecule has 122 valence electrons. The van der Waals surface area contributed by atoms with Gasteiger partial charge in [0.05, 0.1) is 25.0 Å². The lowest BCUT2D eigenvalue weighted by atomic mass is 10.2. The van der Waals surface area contributed by atoms with Crippen LogP contribution in [-0.4, -0.2) is 75.5 Å². The summed E-state index contributed by atoms with van der Waals surface area (Å²) < 4.78 is 27.2. The average molecular weight is 321 g/mol. The highest BCUT2D eigenvalue weighted by Crippen LogP contribution is 2.01. The van der Waals surface area contributed by atoms with E-state index in [0.29, 0.717) is 26.3 Å². The van der Waals surface area contributed by atoms with Crippen LogP contribution in [0.3, 0.4) is 0 Å². The van der Waals surface area contributed by atoms with Crippen LogP contribution in [0.25, 0.3) is 0 Å². The Bertz CT molecular complexity index is 473. The number of rotatable bonds is 6. The number of carbonyl (C=O) groups excluding carboxylic acids is 2. The van der Waals surface area contributed by atoms with Crippen molar-refractivity contribution in [2.24, 2.45) is 5.73 Å². The first-order valence-electron chi connectivity index (χ1n) is 6.81. The minimum absolute atomic E-state index is 0.0309. The molecule has 1 aliphatic rings. The molecule has 1 heterocycles. The van der Waals surface area contributed by atoms with Crippen LogP contribution >= 0.6 is 0 Å². The first kappa shape index (κ1) is 17.9. The van der Waals surface area contributed by atoms with Crippen molar-refractivity contribution >= 4 is 21.7 Å². The van der Waals surface area contributed by atoms with Crippen LogP contribution in [-0.2, 0) is 24.2 Å². The number of ether oxygens (including phenoxy) is 1. The molecule has 0 saturated carbocycles. The molecule has 21 heavy (non-hydrogen) atoms. The first-order chi connectivity index (χ1) is 9.70. The van der Waals surface area contributed by atoms with Crippen LogP contribution in [0.4, 0.5) is 0 Å². The molecule has 0 aromatic carbocycles. The Hall–Kier alpha value is -1.19. The summed E-state index contributed by atoms with van der Waals surface area (Å²) in [5, 5.41) is 2.52. The van der Waals surface area contributed by atoms with E-state index in [1.165, 1.54) is 0 Å². The van der Waals surface area contributed by atoms with E-state index >= 15 is 0 Å². The van der Waals surface area contributed by atoms with Gasteiger partial charge in [0.2, 0.25) is 11.8 Å². The van der Waals surface area contributed by atoms with Crippen LogP contribution < -0.4 is 11.1 Å². The van der Waals surface area contributed by atoms with Gasteiger partial charge in [-0.3, -0.25) is 9.59 Å². The summed E-state index contributed by atoms with van der Waals surface area (Å²) in [5.41, 5.74) is 5.63. The van der Waals surface area contributed by atoms with E-state index in [0.717, 1.165) is 6.26 Å². The lowest BCUT2D eigenvalue weighted by molar-refractivity contribution is -0.139. The molecule has 1 saturated heterocycles. The second-order valence-corrected chi connectivity index (χ2v) is 7.45. The predicted octanol–water partition coefficient (Wildman–Crippen LogP) is -1.89. The monoisotopic (exact) mass is 321 g/mol. The number of nitrogens with one attached hydrogen (secondary N) is 1. The summed E-state index contributed by atoms with van der Waals surface area (Å²) in [6.45, 7) is 3.55. The third kappa shape index (κ3) is 6.40. The highest BCUT2D eigenvalue weighted by molar-refractivity contribution is 7.90. The Kier molecular flexibility index (Phi) is 6.56. The largest absolute Gasteiger partial charge is 0.378 e. The molecule has 1 rings (SSSR count). The molecule has 1 aliphatic heterocycles. The van der Waals surface area contributed by atoms with Crippen molar-refractivity contribution in [2.45, 2.75) is 25.4 Å². The zero-order chi connectivity index (χ0) is 16.0. The van der Waals surface area contributed by atoms with Crippen LogP contribution in [0.15, 0.2) is 0 Å². The van der Waals surface area contributed by atoms with Gasteiger partial charge in [0.25, 0.3) is 0 Å². The molecular weight excluding hydrogens is 298 g/mol. The normalized spacial score (nSPS) is 18.9. The molecule has 3 N–H and O–H groups in total. The van der Waals surface area contributed by atoms with Crippen molar-refractivity contribution in [2.75, 3.05) is 38.3 Å². The zero-order valence-electron chi connectivity index (χ0n) is 12.4. The van der Waals surface area contributed by atoms with Crippen molar-refractivity contribution in [3.63, 3.8) is 0 Å². The summed E-state index contributed by atoms with van der Waals surface area (Å²) in [7, 11) is -3.16. The summed E-state index contributed by atoms with van der Waals surface area (Å²) in [5.74, 6) is -0.873. The van der Waals surface area contributed by atoms with Gasteiger partial charge in [-0.2, -0.15) is 0 Å². The zero-order valence-corrected chi connectivity index (χ0v) is 13.2. The van der Waals surface area contributed by atoms with E-state index < -0.39 is 27.8 Å². The predicted molar refractivity (Wildman–Crippen MR) is 77.3 cm³/mol. The fraction of sp³-hybridized carbons (Fsp3) is 0.833. The first-order valence-corrected chi connectivity index (χ1v) is 8.87. The summed E-state index contributed by atoms with van der Waals surface area (Å²) in [4.78, 5) is 25.5. The SMILES string of the molecule is CC(NC(=O)C(N)CCS(C)(=O)=O)C(=O)N1CCOCC1. The Morgan fingerprint density at radius 3 is 2.43 bits per heavy atom. The molecule has 2 unspecified atom stereocenters. The minimum Gasteiger partial charge on any atom is -0.378 e. The molecule has 2 atom stereocenters. The highest BCUT2D eigenvalue weighted by atomic mass is 32.2. The number of nitrogens with two attached hydrogens (primary N) is 1. The fourth-order valence-electron chi connectivity index (χ4n) is 1.91. The quantitative estimate of drug-likeness (QED) is 0.590. The van der Waals surface area contributed by atoms with Crippen LogP contribution in [0.2, 0.25) is 0 Å². The number of hydrogen-bond donors (Lipinski definition) is 2. The van der Waals surface area contributed by atoms with Gasteiger partial charge < -0.3 is 20.7 Å². The molecule has 0 aromatic rings. The van der Waals surface area contributed by atoms with E-state index in [4.69, 9.17) is 10.5 Å². The average Bonchev–Trinajstić information content (AvgIpc) is 2.43. The van der Waals surface area contributed by atoms with E-state index in [9.17, 15) is 18.0 Å².